The first kappa shape index (κ1) is 12.5. The van der Waals surface area contributed by atoms with E-state index in [2.05, 4.69) is 9.97 Å². The highest BCUT2D eigenvalue weighted by Gasteiger charge is 2.13. The van der Waals surface area contributed by atoms with Crippen LogP contribution in [0.4, 0.5) is 5.69 Å². The molecule has 3 rings (SSSR count). The lowest BCUT2D eigenvalue weighted by molar-refractivity contribution is -0.384. The van der Waals surface area contributed by atoms with E-state index >= 15 is 0 Å². The van der Waals surface area contributed by atoms with Gasteiger partial charge in [0.15, 0.2) is 0 Å². The number of hydrogen-bond donors (Lipinski definition) is 1. The average molecular weight is 287 g/mol. The van der Waals surface area contributed by atoms with Crippen molar-refractivity contribution in [2.75, 3.05) is 0 Å². The van der Waals surface area contributed by atoms with E-state index in [4.69, 9.17) is 0 Å². The van der Waals surface area contributed by atoms with Gasteiger partial charge >= 0.3 is 0 Å². The molecule has 6 nitrogen and oxygen atoms in total. The van der Waals surface area contributed by atoms with E-state index in [1.165, 1.54) is 29.8 Å². The monoisotopic (exact) mass is 287 g/mol. The molecular formula is C13H9N3O3S. The summed E-state index contributed by atoms with van der Waals surface area (Å²) in [6, 6.07) is 6.47. The highest BCUT2D eigenvalue weighted by molar-refractivity contribution is 7.22. The van der Waals surface area contributed by atoms with Crippen molar-refractivity contribution in [1.29, 1.82) is 0 Å². The lowest BCUT2D eigenvalue weighted by Gasteiger charge is -2.02. The second-order valence-electron chi connectivity index (χ2n) is 4.31. The molecule has 0 aliphatic rings. The van der Waals surface area contributed by atoms with Crippen LogP contribution in [0.15, 0.2) is 35.4 Å². The quantitative estimate of drug-likeness (QED) is 0.579. The van der Waals surface area contributed by atoms with Gasteiger partial charge in [-0.05, 0) is 18.6 Å². The first-order valence-corrected chi connectivity index (χ1v) is 6.60. The van der Waals surface area contributed by atoms with Crippen molar-refractivity contribution in [3.05, 3.63) is 56.6 Å². The summed E-state index contributed by atoms with van der Waals surface area (Å²) < 4.78 is 0.522. The molecule has 1 aromatic carbocycles. The number of nitrogens with zero attached hydrogens (tertiary/aromatic N) is 2. The summed E-state index contributed by atoms with van der Waals surface area (Å²) in [7, 11) is 0. The number of nitrogens with one attached hydrogen (secondary N) is 1. The number of aromatic nitrogens is 2. The summed E-state index contributed by atoms with van der Waals surface area (Å²) in [6.45, 7) is 1.88. The third-order valence-corrected chi connectivity index (χ3v) is 4.17. The van der Waals surface area contributed by atoms with Crippen LogP contribution in [0.1, 0.15) is 5.56 Å². The molecule has 0 fully saturated rings. The van der Waals surface area contributed by atoms with Gasteiger partial charge in [0.2, 0.25) is 0 Å². The predicted molar refractivity (Wildman–Crippen MR) is 77.1 cm³/mol. The normalized spacial score (nSPS) is 10.8. The average Bonchev–Trinajstić information content (AvgIpc) is 2.84. The maximum absolute atomic E-state index is 11.7. The Balaban J connectivity index is 2.25. The van der Waals surface area contributed by atoms with Gasteiger partial charge in [-0.1, -0.05) is 6.07 Å². The summed E-state index contributed by atoms with van der Waals surface area (Å²) in [5.74, 6) is 0. The van der Waals surface area contributed by atoms with E-state index in [-0.39, 0.29) is 11.2 Å². The summed E-state index contributed by atoms with van der Waals surface area (Å²) in [5, 5.41) is 10.9. The van der Waals surface area contributed by atoms with Crippen LogP contribution in [0.25, 0.3) is 20.7 Å². The molecule has 2 aromatic heterocycles. The molecule has 20 heavy (non-hydrogen) atoms. The van der Waals surface area contributed by atoms with Gasteiger partial charge in [-0.25, -0.2) is 4.98 Å². The topological polar surface area (TPSA) is 88.9 Å². The van der Waals surface area contributed by atoms with Crippen LogP contribution in [-0.4, -0.2) is 14.9 Å². The lowest BCUT2D eigenvalue weighted by atomic mass is 10.1. The molecule has 100 valence electrons. The van der Waals surface area contributed by atoms with Crippen molar-refractivity contribution in [2.45, 2.75) is 6.92 Å². The zero-order valence-electron chi connectivity index (χ0n) is 10.4. The summed E-state index contributed by atoms with van der Waals surface area (Å²) in [5.41, 5.74) is 2.10. The molecule has 0 aliphatic heterocycles. The van der Waals surface area contributed by atoms with Gasteiger partial charge in [0.25, 0.3) is 11.2 Å². The molecule has 0 saturated heterocycles. The Morgan fingerprint density at radius 1 is 1.35 bits per heavy atom. The number of aromatic amines is 1. The number of hydrogen-bond acceptors (Lipinski definition) is 5. The number of thiophene rings is 1. The third-order valence-electron chi connectivity index (χ3n) is 3.02. The Morgan fingerprint density at radius 3 is 2.85 bits per heavy atom. The number of aryl methyl sites for hydroxylation is 1. The molecule has 0 spiro atoms. The van der Waals surface area contributed by atoms with Crippen LogP contribution in [-0.2, 0) is 0 Å². The summed E-state index contributed by atoms with van der Waals surface area (Å²) in [6.07, 6.45) is 1.35. The molecule has 1 N–H and O–H groups in total. The number of fused-ring (bicyclic) bond motifs is 1. The minimum atomic E-state index is -0.429. The molecule has 3 aromatic rings. The molecular weight excluding hydrogens is 278 g/mol. The molecule has 0 saturated carbocycles. The van der Waals surface area contributed by atoms with Crippen LogP contribution >= 0.6 is 11.3 Å². The predicted octanol–water partition coefficient (Wildman–Crippen LogP) is 2.87. The third kappa shape index (κ3) is 1.97. The molecule has 0 aliphatic carbocycles. The Hall–Kier alpha value is -2.54. The molecule has 0 bridgehead atoms. The Morgan fingerprint density at radius 2 is 2.15 bits per heavy atom. The fraction of sp³-hybridized carbons (Fsp3) is 0.0769. The maximum Gasteiger partial charge on any atom is 0.270 e. The fourth-order valence-electron chi connectivity index (χ4n) is 1.99. The molecule has 0 radical (unpaired) electrons. The van der Waals surface area contributed by atoms with Gasteiger partial charge in [0.1, 0.15) is 4.70 Å². The van der Waals surface area contributed by atoms with Crippen molar-refractivity contribution in [3.8, 4) is 10.4 Å². The smallest absolute Gasteiger partial charge is 0.270 e. The van der Waals surface area contributed by atoms with Crippen LogP contribution in [0.2, 0.25) is 0 Å². The zero-order valence-corrected chi connectivity index (χ0v) is 11.2. The second kappa shape index (κ2) is 4.53. The number of rotatable bonds is 2. The van der Waals surface area contributed by atoms with E-state index in [0.717, 1.165) is 16.0 Å². The molecule has 7 heteroatoms. The fourth-order valence-corrected chi connectivity index (χ4v) is 3.08. The second-order valence-corrected chi connectivity index (χ2v) is 5.37. The minimum absolute atomic E-state index is 0.0323. The van der Waals surface area contributed by atoms with Gasteiger partial charge in [-0.15, -0.1) is 11.3 Å². The van der Waals surface area contributed by atoms with E-state index in [9.17, 15) is 14.9 Å². The minimum Gasteiger partial charge on any atom is -0.312 e. The Labute approximate surface area is 116 Å². The van der Waals surface area contributed by atoms with Gasteiger partial charge in [-0.2, -0.15) is 0 Å². The first-order chi connectivity index (χ1) is 9.56. The molecule has 0 unspecified atom stereocenters. The van der Waals surface area contributed by atoms with Crippen molar-refractivity contribution >= 4 is 27.2 Å². The van der Waals surface area contributed by atoms with Crippen molar-refractivity contribution < 1.29 is 4.92 Å². The van der Waals surface area contributed by atoms with Crippen molar-refractivity contribution in [1.82, 2.24) is 9.97 Å². The van der Waals surface area contributed by atoms with Crippen LogP contribution in [0.5, 0.6) is 0 Å². The number of benzene rings is 1. The van der Waals surface area contributed by atoms with Crippen molar-refractivity contribution in [3.63, 3.8) is 0 Å². The van der Waals surface area contributed by atoms with Gasteiger partial charge in [0.05, 0.1) is 16.8 Å². The Kier molecular flexibility index (Phi) is 2.83. The number of nitro groups is 1. The van der Waals surface area contributed by atoms with E-state index in [1.54, 1.807) is 12.1 Å². The number of nitro benzene ring substituents is 1. The van der Waals surface area contributed by atoms with Gasteiger partial charge < -0.3 is 4.98 Å². The van der Waals surface area contributed by atoms with E-state index < -0.39 is 4.92 Å². The van der Waals surface area contributed by atoms with Crippen LogP contribution in [0, 0.1) is 17.0 Å². The standard InChI is InChI=1S/C13H9N3O3S/c1-7-2-3-8(16(18)19)4-9(7)11-5-10-12(20-11)13(17)15-6-14-10/h2-6H,1H3,(H,14,15,17). The van der Waals surface area contributed by atoms with E-state index in [1.807, 2.05) is 6.92 Å². The molecule has 2 heterocycles. The Bertz CT molecular complexity index is 882. The zero-order chi connectivity index (χ0) is 14.3. The number of H-pyrrole nitrogens is 1. The van der Waals surface area contributed by atoms with Crippen LogP contribution < -0.4 is 5.56 Å². The number of non-ortho nitro benzene ring substituents is 1. The summed E-state index contributed by atoms with van der Waals surface area (Å²) >= 11 is 1.28. The highest BCUT2D eigenvalue weighted by atomic mass is 32.1. The molecule has 0 atom stereocenters. The SMILES string of the molecule is Cc1ccc([N+](=O)[O-])cc1-c1cc2nc[nH]c(=O)c2s1. The highest BCUT2D eigenvalue weighted by Crippen LogP contribution is 2.34. The largest absolute Gasteiger partial charge is 0.312 e. The van der Waals surface area contributed by atoms with Gasteiger partial charge in [0, 0.05) is 22.6 Å². The summed E-state index contributed by atoms with van der Waals surface area (Å²) in [4.78, 5) is 29.5. The first-order valence-electron chi connectivity index (χ1n) is 5.79. The van der Waals surface area contributed by atoms with Gasteiger partial charge in [-0.3, -0.25) is 14.9 Å². The van der Waals surface area contributed by atoms with Crippen LogP contribution in [0.3, 0.4) is 0 Å². The van der Waals surface area contributed by atoms with Crippen molar-refractivity contribution in [2.24, 2.45) is 0 Å². The lowest BCUT2D eigenvalue weighted by Crippen LogP contribution is -2.02. The van der Waals surface area contributed by atoms with E-state index in [0.29, 0.717) is 10.2 Å². The molecule has 0 amide bonds. The maximum atomic E-state index is 11.7.